The lowest BCUT2D eigenvalue weighted by molar-refractivity contribution is -0.117. The summed E-state index contributed by atoms with van der Waals surface area (Å²) in [5.41, 5.74) is 1.32. The fourth-order valence-electron chi connectivity index (χ4n) is 3.51. The van der Waals surface area contributed by atoms with Crippen LogP contribution in [0, 0.1) is 0 Å². The predicted octanol–water partition coefficient (Wildman–Crippen LogP) is 3.09. The van der Waals surface area contributed by atoms with Crippen LogP contribution in [0.25, 0.3) is 0 Å². The molecule has 0 spiro atoms. The molecule has 0 aromatic heterocycles. The predicted molar refractivity (Wildman–Crippen MR) is 121 cm³/mol. The highest BCUT2D eigenvalue weighted by atomic mass is 16.5. The number of anilines is 1. The number of hydrogen-bond acceptors (Lipinski definition) is 5. The standard InChI is InChI=1S/C24H29N3O4/c1-3-15-31-21-10-9-18(16-22(21)30-2)24(29)26-20-11-13-27(14-12-20)17-23(28)25-19-7-5-4-6-8-19/h3-10,16,20H,1,11-15,17H2,2H3,(H,25,28)(H,26,29). The van der Waals surface area contributed by atoms with Crippen LogP contribution in [-0.2, 0) is 4.79 Å². The molecule has 0 unspecified atom stereocenters. The second-order valence-corrected chi connectivity index (χ2v) is 7.40. The number of carbonyl (C=O) groups excluding carboxylic acids is 2. The summed E-state index contributed by atoms with van der Waals surface area (Å²) in [6.45, 7) is 5.85. The summed E-state index contributed by atoms with van der Waals surface area (Å²) < 4.78 is 10.9. The third kappa shape index (κ3) is 6.58. The molecular weight excluding hydrogens is 394 g/mol. The Hall–Kier alpha value is -3.32. The molecule has 1 saturated heterocycles. The molecule has 7 nitrogen and oxygen atoms in total. The first kappa shape index (κ1) is 22.4. The van der Waals surface area contributed by atoms with Crippen molar-refractivity contribution in [2.24, 2.45) is 0 Å². The molecule has 1 fully saturated rings. The number of nitrogens with zero attached hydrogens (tertiary/aromatic N) is 1. The van der Waals surface area contributed by atoms with Gasteiger partial charge in [-0.15, -0.1) is 0 Å². The Bertz CT molecular complexity index is 893. The molecule has 1 heterocycles. The number of ether oxygens (including phenoxy) is 2. The normalized spacial score (nSPS) is 14.5. The van der Waals surface area contributed by atoms with Gasteiger partial charge < -0.3 is 20.1 Å². The fraction of sp³-hybridized carbons (Fsp3) is 0.333. The zero-order valence-electron chi connectivity index (χ0n) is 17.8. The van der Waals surface area contributed by atoms with Crippen LogP contribution in [0.3, 0.4) is 0 Å². The van der Waals surface area contributed by atoms with Gasteiger partial charge in [-0.3, -0.25) is 14.5 Å². The van der Waals surface area contributed by atoms with Crippen molar-refractivity contribution in [1.82, 2.24) is 10.2 Å². The van der Waals surface area contributed by atoms with E-state index in [0.717, 1.165) is 31.6 Å². The van der Waals surface area contributed by atoms with Crippen molar-refractivity contribution in [2.75, 3.05) is 38.7 Å². The van der Waals surface area contributed by atoms with E-state index in [1.807, 2.05) is 30.3 Å². The first-order chi connectivity index (χ1) is 15.1. The molecule has 2 aromatic rings. The smallest absolute Gasteiger partial charge is 0.251 e. The number of carbonyl (C=O) groups is 2. The molecule has 0 saturated carbocycles. The number of likely N-dealkylation sites (tertiary alicyclic amines) is 1. The van der Waals surface area contributed by atoms with Crippen LogP contribution in [0.2, 0.25) is 0 Å². The van der Waals surface area contributed by atoms with E-state index >= 15 is 0 Å². The van der Waals surface area contributed by atoms with E-state index in [2.05, 4.69) is 22.1 Å². The third-order valence-electron chi connectivity index (χ3n) is 5.13. The number of amides is 2. The van der Waals surface area contributed by atoms with E-state index in [9.17, 15) is 9.59 Å². The number of hydrogen-bond donors (Lipinski definition) is 2. The molecule has 2 N–H and O–H groups in total. The summed E-state index contributed by atoms with van der Waals surface area (Å²) in [6.07, 6.45) is 3.24. The minimum absolute atomic E-state index is 0.0282. The number of benzene rings is 2. The van der Waals surface area contributed by atoms with Crippen LogP contribution in [0.15, 0.2) is 61.2 Å². The van der Waals surface area contributed by atoms with Crippen molar-refractivity contribution in [3.63, 3.8) is 0 Å². The Kier molecular flexibility index (Phi) is 8.06. The first-order valence-electron chi connectivity index (χ1n) is 10.4. The van der Waals surface area contributed by atoms with Crippen molar-refractivity contribution >= 4 is 17.5 Å². The number of piperidine rings is 1. The molecule has 0 atom stereocenters. The average Bonchev–Trinajstić information content (AvgIpc) is 2.79. The molecule has 1 aliphatic heterocycles. The molecule has 31 heavy (non-hydrogen) atoms. The van der Waals surface area contributed by atoms with Gasteiger partial charge >= 0.3 is 0 Å². The van der Waals surface area contributed by atoms with Crippen molar-refractivity contribution in [1.29, 1.82) is 0 Å². The molecule has 2 aromatic carbocycles. The summed E-state index contributed by atoms with van der Waals surface area (Å²) in [5, 5.41) is 5.99. The van der Waals surface area contributed by atoms with Crippen molar-refractivity contribution in [3.05, 3.63) is 66.7 Å². The zero-order valence-corrected chi connectivity index (χ0v) is 17.8. The molecule has 3 rings (SSSR count). The van der Waals surface area contributed by atoms with Gasteiger partial charge in [0, 0.05) is 30.4 Å². The Labute approximate surface area is 183 Å². The quantitative estimate of drug-likeness (QED) is 0.606. The molecule has 7 heteroatoms. The molecule has 1 aliphatic rings. The lowest BCUT2D eigenvalue weighted by Crippen LogP contribution is -2.46. The average molecular weight is 424 g/mol. The number of nitrogens with one attached hydrogen (secondary N) is 2. The Balaban J connectivity index is 1.46. The van der Waals surface area contributed by atoms with E-state index in [4.69, 9.17) is 9.47 Å². The minimum Gasteiger partial charge on any atom is -0.493 e. The summed E-state index contributed by atoms with van der Waals surface area (Å²) in [4.78, 5) is 27.0. The van der Waals surface area contributed by atoms with Gasteiger partial charge in [-0.25, -0.2) is 0 Å². The minimum atomic E-state index is -0.145. The summed E-state index contributed by atoms with van der Waals surface area (Å²) >= 11 is 0. The van der Waals surface area contributed by atoms with Gasteiger partial charge in [-0.1, -0.05) is 30.9 Å². The van der Waals surface area contributed by atoms with Gasteiger partial charge in [-0.2, -0.15) is 0 Å². The van der Waals surface area contributed by atoms with E-state index < -0.39 is 0 Å². The van der Waals surface area contributed by atoms with E-state index in [1.54, 1.807) is 31.4 Å². The van der Waals surface area contributed by atoms with Gasteiger partial charge in [-0.05, 0) is 43.2 Å². The fourth-order valence-corrected chi connectivity index (χ4v) is 3.51. The molecular formula is C24H29N3O4. The van der Waals surface area contributed by atoms with Gasteiger partial charge in [0.15, 0.2) is 11.5 Å². The van der Waals surface area contributed by atoms with Gasteiger partial charge in [0.05, 0.1) is 13.7 Å². The van der Waals surface area contributed by atoms with Crippen molar-refractivity contribution in [2.45, 2.75) is 18.9 Å². The first-order valence-corrected chi connectivity index (χ1v) is 10.4. The summed E-state index contributed by atoms with van der Waals surface area (Å²) in [6, 6.07) is 14.6. The van der Waals surface area contributed by atoms with Gasteiger partial charge in [0.25, 0.3) is 5.91 Å². The number of para-hydroxylation sites is 1. The summed E-state index contributed by atoms with van der Waals surface area (Å²) in [5.74, 6) is 0.906. The highest BCUT2D eigenvalue weighted by molar-refractivity contribution is 5.95. The van der Waals surface area contributed by atoms with Crippen LogP contribution >= 0.6 is 0 Å². The maximum Gasteiger partial charge on any atom is 0.251 e. The molecule has 164 valence electrons. The molecule has 2 amide bonds. The van der Waals surface area contributed by atoms with Crippen LogP contribution < -0.4 is 20.1 Å². The van der Waals surface area contributed by atoms with Gasteiger partial charge in [0.1, 0.15) is 6.61 Å². The zero-order chi connectivity index (χ0) is 22.1. The van der Waals surface area contributed by atoms with Crippen LogP contribution in [0.1, 0.15) is 23.2 Å². The monoisotopic (exact) mass is 423 g/mol. The van der Waals surface area contributed by atoms with Crippen molar-refractivity contribution < 1.29 is 19.1 Å². The Morgan fingerprint density at radius 1 is 1.13 bits per heavy atom. The summed E-state index contributed by atoms with van der Waals surface area (Å²) in [7, 11) is 1.54. The largest absolute Gasteiger partial charge is 0.493 e. The second kappa shape index (κ2) is 11.2. The topological polar surface area (TPSA) is 79.9 Å². The molecule has 0 aliphatic carbocycles. The lowest BCUT2D eigenvalue weighted by atomic mass is 10.0. The second-order valence-electron chi connectivity index (χ2n) is 7.40. The van der Waals surface area contributed by atoms with E-state index in [-0.39, 0.29) is 17.9 Å². The molecule has 0 radical (unpaired) electrons. The molecule has 0 bridgehead atoms. The Morgan fingerprint density at radius 2 is 1.87 bits per heavy atom. The van der Waals surface area contributed by atoms with Crippen molar-refractivity contribution in [3.8, 4) is 11.5 Å². The number of methoxy groups -OCH3 is 1. The van der Waals surface area contributed by atoms with E-state index in [0.29, 0.717) is 30.2 Å². The van der Waals surface area contributed by atoms with E-state index in [1.165, 1.54) is 0 Å². The SMILES string of the molecule is C=CCOc1ccc(C(=O)NC2CCN(CC(=O)Nc3ccccc3)CC2)cc1OC. The lowest BCUT2D eigenvalue weighted by Gasteiger charge is -2.31. The number of rotatable bonds is 9. The van der Waals surface area contributed by atoms with Crippen LogP contribution in [-0.4, -0.2) is 56.1 Å². The highest BCUT2D eigenvalue weighted by Gasteiger charge is 2.23. The van der Waals surface area contributed by atoms with Crippen LogP contribution in [0.4, 0.5) is 5.69 Å². The highest BCUT2D eigenvalue weighted by Crippen LogP contribution is 2.28. The Morgan fingerprint density at radius 3 is 2.55 bits per heavy atom. The van der Waals surface area contributed by atoms with Gasteiger partial charge in [0.2, 0.25) is 5.91 Å². The maximum absolute atomic E-state index is 12.7. The van der Waals surface area contributed by atoms with Crippen LogP contribution in [0.5, 0.6) is 11.5 Å². The third-order valence-corrected chi connectivity index (χ3v) is 5.13. The maximum atomic E-state index is 12.7.